The molecule has 3 aromatic rings. The van der Waals surface area contributed by atoms with Crippen LogP contribution in [0.5, 0.6) is 11.5 Å². The fourth-order valence-electron chi connectivity index (χ4n) is 2.79. The van der Waals surface area contributed by atoms with Crippen molar-refractivity contribution in [3.05, 3.63) is 83.9 Å². The van der Waals surface area contributed by atoms with Crippen molar-refractivity contribution in [1.82, 2.24) is 0 Å². The van der Waals surface area contributed by atoms with Crippen molar-refractivity contribution in [2.45, 2.75) is 6.42 Å². The SMILES string of the molecule is COc1ccc(CC(=O)Nc2ccccc2C(=O)Nc2ccc(OC)cc2)cc1. The number of benzene rings is 3. The smallest absolute Gasteiger partial charge is 0.257 e. The van der Waals surface area contributed by atoms with E-state index in [-0.39, 0.29) is 18.2 Å². The predicted octanol–water partition coefficient (Wildman–Crippen LogP) is 4.14. The first-order chi connectivity index (χ1) is 14.1. The quantitative estimate of drug-likeness (QED) is 0.636. The number of hydrogen-bond acceptors (Lipinski definition) is 4. The monoisotopic (exact) mass is 390 g/mol. The molecule has 0 bridgehead atoms. The Morgan fingerprint density at radius 1 is 0.759 bits per heavy atom. The maximum absolute atomic E-state index is 12.7. The lowest BCUT2D eigenvalue weighted by molar-refractivity contribution is -0.115. The first kappa shape index (κ1) is 19.9. The number of carbonyl (C=O) groups is 2. The van der Waals surface area contributed by atoms with E-state index in [4.69, 9.17) is 9.47 Å². The van der Waals surface area contributed by atoms with Crippen LogP contribution in [0.1, 0.15) is 15.9 Å². The fourth-order valence-corrected chi connectivity index (χ4v) is 2.79. The molecule has 0 radical (unpaired) electrons. The van der Waals surface area contributed by atoms with Crippen molar-refractivity contribution in [3.63, 3.8) is 0 Å². The first-order valence-electron chi connectivity index (χ1n) is 9.06. The first-order valence-corrected chi connectivity index (χ1v) is 9.06. The van der Waals surface area contributed by atoms with Gasteiger partial charge in [-0.1, -0.05) is 24.3 Å². The minimum Gasteiger partial charge on any atom is -0.497 e. The Kier molecular flexibility index (Phi) is 6.47. The molecule has 3 aromatic carbocycles. The summed E-state index contributed by atoms with van der Waals surface area (Å²) < 4.78 is 10.2. The van der Waals surface area contributed by atoms with Gasteiger partial charge in [0.2, 0.25) is 5.91 Å². The van der Waals surface area contributed by atoms with E-state index < -0.39 is 0 Å². The van der Waals surface area contributed by atoms with Crippen molar-refractivity contribution in [1.29, 1.82) is 0 Å². The lowest BCUT2D eigenvalue weighted by Crippen LogP contribution is -2.19. The van der Waals surface area contributed by atoms with Gasteiger partial charge >= 0.3 is 0 Å². The minimum absolute atomic E-state index is 0.193. The van der Waals surface area contributed by atoms with E-state index in [1.54, 1.807) is 74.9 Å². The summed E-state index contributed by atoms with van der Waals surface area (Å²) in [5.74, 6) is 0.916. The second kappa shape index (κ2) is 9.41. The van der Waals surface area contributed by atoms with Gasteiger partial charge in [-0.15, -0.1) is 0 Å². The summed E-state index contributed by atoms with van der Waals surface area (Å²) in [6, 6.07) is 21.2. The summed E-state index contributed by atoms with van der Waals surface area (Å²) >= 11 is 0. The molecule has 0 saturated heterocycles. The highest BCUT2D eigenvalue weighted by Crippen LogP contribution is 2.20. The molecule has 0 aromatic heterocycles. The Morgan fingerprint density at radius 3 is 1.97 bits per heavy atom. The van der Waals surface area contributed by atoms with Gasteiger partial charge in [0.25, 0.3) is 5.91 Å². The molecular formula is C23H22N2O4. The second-order valence-electron chi connectivity index (χ2n) is 6.30. The molecular weight excluding hydrogens is 368 g/mol. The number of ether oxygens (including phenoxy) is 2. The standard InChI is InChI=1S/C23H22N2O4/c1-28-18-11-7-16(8-12-18)15-22(26)25-21-6-4-3-5-20(21)23(27)24-17-9-13-19(29-2)14-10-17/h3-14H,15H2,1-2H3,(H,24,27)(H,25,26). The Labute approximate surface area is 169 Å². The molecule has 0 atom stereocenters. The van der Waals surface area contributed by atoms with Crippen LogP contribution in [0, 0.1) is 0 Å². The number of rotatable bonds is 7. The molecule has 0 aliphatic rings. The fraction of sp³-hybridized carbons (Fsp3) is 0.130. The van der Waals surface area contributed by atoms with Crippen molar-refractivity contribution in [2.24, 2.45) is 0 Å². The third kappa shape index (κ3) is 5.35. The van der Waals surface area contributed by atoms with E-state index >= 15 is 0 Å². The highest BCUT2D eigenvalue weighted by Gasteiger charge is 2.14. The minimum atomic E-state index is -0.310. The largest absolute Gasteiger partial charge is 0.497 e. The van der Waals surface area contributed by atoms with Gasteiger partial charge in [0.15, 0.2) is 0 Å². The van der Waals surface area contributed by atoms with Crippen LogP contribution in [0.3, 0.4) is 0 Å². The lowest BCUT2D eigenvalue weighted by atomic mass is 10.1. The van der Waals surface area contributed by atoms with Gasteiger partial charge in [-0.05, 0) is 54.1 Å². The van der Waals surface area contributed by atoms with Crippen LogP contribution in [0.2, 0.25) is 0 Å². The van der Waals surface area contributed by atoms with Gasteiger partial charge in [-0.3, -0.25) is 9.59 Å². The molecule has 0 unspecified atom stereocenters. The molecule has 3 rings (SSSR count). The molecule has 0 fully saturated rings. The molecule has 0 aliphatic heterocycles. The molecule has 6 heteroatoms. The van der Waals surface area contributed by atoms with Crippen molar-refractivity contribution < 1.29 is 19.1 Å². The second-order valence-corrected chi connectivity index (χ2v) is 6.30. The van der Waals surface area contributed by atoms with Gasteiger partial charge in [-0.2, -0.15) is 0 Å². The van der Waals surface area contributed by atoms with Gasteiger partial charge in [0.05, 0.1) is 31.9 Å². The van der Waals surface area contributed by atoms with Gasteiger partial charge in [0, 0.05) is 5.69 Å². The van der Waals surface area contributed by atoms with Crippen LogP contribution in [-0.4, -0.2) is 26.0 Å². The summed E-state index contributed by atoms with van der Waals surface area (Å²) in [7, 11) is 3.17. The Hall–Kier alpha value is -3.80. The van der Waals surface area contributed by atoms with E-state index in [0.29, 0.717) is 22.7 Å². The zero-order valence-corrected chi connectivity index (χ0v) is 16.3. The molecule has 148 valence electrons. The third-order valence-electron chi connectivity index (χ3n) is 4.32. The van der Waals surface area contributed by atoms with Crippen molar-refractivity contribution >= 4 is 23.2 Å². The molecule has 0 aliphatic carbocycles. The van der Waals surface area contributed by atoms with E-state index in [2.05, 4.69) is 10.6 Å². The average molecular weight is 390 g/mol. The number of hydrogen-bond donors (Lipinski definition) is 2. The van der Waals surface area contributed by atoms with Crippen LogP contribution in [0.15, 0.2) is 72.8 Å². The Balaban J connectivity index is 1.68. The number of nitrogens with one attached hydrogen (secondary N) is 2. The van der Waals surface area contributed by atoms with Crippen LogP contribution in [0.4, 0.5) is 11.4 Å². The molecule has 6 nitrogen and oxygen atoms in total. The molecule has 29 heavy (non-hydrogen) atoms. The zero-order chi connectivity index (χ0) is 20.6. The highest BCUT2D eigenvalue weighted by atomic mass is 16.5. The molecule has 2 N–H and O–H groups in total. The maximum atomic E-state index is 12.7. The van der Waals surface area contributed by atoms with Crippen LogP contribution in [-0.2, 0) is 11.2 Å². The summed E-state index contributed by atoms with van der Waals surface area (Å²) in [5.41, 5.74) is 2.32. The van der Waals surface area contributed by atoms with Gasteiger partial charge in [-0.25, -0.2) is 0 Å². The molecule has 0 saturated carbocycles. The Morgan fingerprint density at radius 2 is 1.34 bits per heavy atom. The Bertz CT molecular complexity index is 983. The molecule has 0 spiro atoms. The van der Waals surface area contributed by atoms with Crippen LogP contribution >= 0.6 is 0 Å². The van der Waals surface area contributed by atoms with E-state index in [9.17, 15) is 9.59 Å². The van der Waals surface area contributed by atoms with E-state index in [0.717, 1.165) is 11.3 Å². The van der Waals surface area contributed by atoms with Gasteiger partial charge < -0.3 is 20.1 Å². The number of para-hydroxylation sites is 1. The van der Waals surface area contributed by atoms with Crippen LogP contribution < -0.4 is 20.1 Å². The lowest BCUT2D eigenvalue weighted by Gasteiger charge is -2.12. The summed E-state index contributed by atoms with van der Waals surface area (Å²) in [6.07, 6.45) is 0.193. The molecule has 2 amide bonds. The summed E-state index contributed by atoms with van der Waals surface area (Å²) in [4.78, 5) is 25.1. The average Bonchev–Trinajstić information content (AvgIpc) is 2.75. The number of methoxy groups -OCH3 is 2. The highest BCUT2D eigenvalue weighted by molar-refractivity contribution is 6.10. The van der Waals surface area contributed by atoms with Crippen molar-refractivity contribution in [2.75, 3.05) is 24.9 Å². The van der Waals surface area contributed by atoms with E-state index in [1.165, 1.54) is 0 Å². The predicted molar refractivity (Wildman–Crippen MR) is 113 cm³/mol. The molecule has 0 heterocycles. The summed E-state index contributed by atoms with van der Waals surface area (Å²) in [6.45, 7) is 0. The topological polar surface area (TPSA) is 76.7 Å². The zero-order valence-electron chi connectivity index (χ0n) is 16.3. The summed E-state index contributed by atoms with van der Waals surface area (Å²) in [5, 5.41) is 5.65. The maximum Gasteiger partial charge on any atom is 0.257 e. The van der Waals surface area contributed by atoms with Crippen molar-refractivity contribution in [3.8, 4) is 11.5 Å². The van der Waals surface area contributed by atoms with E-state index in [1.807, 2.05) is 12.1 Å². The van der Waals surface area contributed by atoms with Crippen LogP contribution in [0.25, 0.3) is 0 Å². The van der Waals surface area contributed by atoms with Gasteiger partial charge in [0.1, 0.15) is 11.5 Å². The third-order valence-corrected chi connectivity index (χ3v) is 4.32. The normalized spacial score (nSPS) is 10.1. The number of carbonyl (C=O) groups excluding carboxylic acids is 2. The number of anilines is 2. The number of amides is 2.